The molecule has 1 unspecified atom stereocenters. The van der Waals surface area contributed by atoms with E-state index in [2.05, 4.69) is 0 Å². The number of carbonyl (C=O) groups is 1. The van der Waals surface area contributed by atoms with Crippen LogP contribution < -0.4 is 0 Å². The van der Waals surface area contributed by atoms with Crippen molar-refractivity contribution in [1.29, 1.82) is 0 Å². The maximum Gasteiger partial charge on any atom is 0.268 e. The van der Waals surface area contributed by atoms with Gasteiger partial charge in [0.2, 0.25) is 0 Å². The van der Waals surface area contributed by atoms with E-state index in [9.17, 15) is 18.3 Å². The van der Waals surface area contributed by atoms with Crippen LogP contribution in [0.3, 0.4) is 0 Å². The molecular formula is C21H22N2O4S. The first-order valence-electron chi connectivity index (χ1n) is 9.30. The first-order valence-corrected chi connectivity index (χ1v) is 10.7. The third-order valence-corrected chi connectivity index (χ3v) is 7.00. The van der Waals surface area contributed by atoms with Gasteiger partial charge in [-0.1, -0.05) is 36.4 Å². The van der Waals surface area contributed by atoms with Gasteiger partial charge in [0.15, 0.2) is 0 Å². The number of rotatable bonds is 5. The second-order valence-corrected chi connectivity index (χ2v) is 8.77. The molecular weight excluding hydrogens is 376 g/mol. The number of para-hydroxylation sites is 1. The number of ketones is 1. The smallest absolute Gasteiger partial charge is 0.268 e. The third-order valence-electron chi connectivity index (χ3n) is 5.24. The second-order valence-electron chi connectivity index (χ2n) is 6.98. The van der Waals surface area contributed by atoms with Gasteiger partial charge in [-0.15, -0.1) is 0 Å². The van der Waals surface area contributed by atoms with Crippen molar-refractivity contribution >= 4 is 26.7 Å². The van der Waals surface area contributed by atoms with Crippen LogP contribution in [-0.2, 0) is 14.8 Å². The Kier molecular flexibility index (Phi) is 5.05. The van der Waals surface area contributed by atoms with E-state index in [1.165, 1.54) is 3.97 Å². The number of aromatic nitrogens is 1. The fourth-order valence-electron chi connectivity index (χ4n) is 3.91. The molecule has 2 aromatic carbocycles. The molecule has 6 nitrogen and oxygen atoms in total. The van der Waals surface area contributed by atoms with E-state index in [1.807, 2.05) is 23.1 Å². The molecule has 0 saturated carbocycles. The van der Waals surface area contributed by atoms with Gasteiger partial charge in [-0.3, -0.25) is 9.69 Å². The molecule has 0 radical (unpaired) electrons. The van der Waals surface area contributed by atoms with Crippen LogP contribution in [0.25, 0.3) is 10.9 Å². The molecule has 0 bridgehead atoms. The Bertz CT molecular complexity index is 1110. The van der Waals surface area contributed by atoms with Gasteiger partial charge in [0.05, 0.1) is 28.8 Å². The number of β-amino-alcohol motifs (C(OH)–C–C–N with tert-alkyl or cyclic N) is 1. The Balaban J connectivity index is 1.94. The van der Waals surface area contributed by atoms with E-state index in [4.69, 9.17) is 0 Å². The number of fused-ring (bicyclic) bond motifs is 1. The van der Waals surface area contributed by atoms with Gasteiger partial charge >= 0.3 is 0 Å². The highest BCUT2D eigenvalue weighted by Crippen LogP contribution is 2.35. The lowest BCUT2D eigenvalue weighted by atomic mass is 9.98. The van der Waals surface area contributed by atoms with Crippen molar-refractivity contribution in [2.75, 3.05) is 19.7 Å². The zero-order valence-electron chi connectivity index (χ0n) is 15.4. The SMILES string of the molecule is O=C1CCN(CCO)C(c2cc3ccccc3n2S(=O)(=O)c2ccccc2)C1. The number of piperidine rings is 1. The van der Waals surface area contributed by atoms with Crippen LogP contribution in [0.4, 0.5) is 0 Å². The average Bonchev–Trinajstić information content (AvgIpc) is 3.10. The Labute approximate surface area is 164 Å². The lowest BCUT2D eigenvalue weighted by Crippen LogP contribution is -2.40. The molecule has 1 N–H and O–H groups in total. The zero-order chi connectivity index (χ0) is 19.7. The molecule has 1 fully saturated rings. The van der Waals surface area contributed by atoms with Gasteiger partial charge in [-0.2, -0.15) is 0 Å². The van der Waals surface area contributed by atoms with E-state index in [1.54, 1.807) is 42.5 Å². The molecule has 28 heavy (non-hydrogen) atoms. The summed E-state index contributed by atoms with van der Waals surface area (Å²) < 4.78 is 28.4. The summed E-state index contributed by atoms with van der Waals surface area (Å²) in [5.74, 6) is 0.105. The molecule has 1 atom stereocenters. The molecule has 0 amide bonds. The summed E-state index contributed by atoms with van der Waals surface area (Å²) in [4.78, 5) is 14.4. The zero-order valence-corrected chi connectivity index (χ0v) is 16.2. The minimum absolute atomic E-state index is 0.0453. The van der Waals surface area contributed by atoms with Crippen LogP contribution in [-0.4, -0.2) is 47.9 Å². The summed E-state index contributed by atoms with van der Waals surface area (Å²) in [6.07, 6.45) is 0.656. The quantitative estimate of drug-likeness (QED) is 0.715. The fraction of sp³-hybridized carbons (Fsp3) is 0.286. The first kappa shape index (κ1) is 18.9. The number of hydrogen-bond donors (Lipinski definition) is 1. The van der Waals surface area contributed by atoms with Crippen molar-refractivity contribution in [3.8, 4) is 0 Å². The Morgan fingerprint density at radius 1 is 1.04 bits per heavy atom. The number of nitrogens with zero attached hydrogens (tertiary/aromatic N) is 2. The molecule has 146 valence electrons. The largest absolute Gasteiger partial charge is 0.395 e. The number of carbonyl (C=O) groups excluding carboxylic acids is 1. The molecule has 0 aliphatic carbocycles. The summed E-state index contributed by atoms with van der Waals surface area (Å²) in [6.45, 7) is 0.859. The average molecular weight is 398 g/mol. The van der Waals surface area contributed by atoms with Crippen molar-refractivity contribution < 1.29 is 18.3 Å². The fourth-order valence-corrected chi connectivity index (χ4v) is 5.50. The number of aliphatic hydroxyl groups is 1. The maximum atomic E-state index is 13.5. The number of Topliss-reactive ketones (excluding diaryl/α,β-unsaturated/α-hetero) is 1. The topological polar surface area (TPSA) is 79.6 Å². The molecule has 1 saturated heterocycles. The first-order chi connectivity index (χ1) is 13.5. The highest BCUT2D eigenvalue weighted by Gasteiger charge is 2.34. The highest BCUT2D eigenvalue weighted by molar-refractivity contribution is 7.90. The van der Waals surface area contributed by atoms with Gasteiger partial charge in [-0.05, 0) is 24.3 Å². The minimum atomic E-state index is -3.84. The monoisotopic (exact) mass is 398 g/mol. The molecule has 0 spiro atoms. The summed E-state index contributed by atoms with van der Waals surface area (Å²) in [5.41, 5.74) is 1.15. The summed E-state index contributed by atoms with van der Waals surface area (Å²) in [7, 11) is -3.84. The molecule has 1 aliphatic rings. The summed E-state index contributed by atoms with van der Waals surface area (Å²) >= 11 is 0. The number of aliphatic hydroxyl groups excluding tert-OH is 1. The van der Waals surface area contributed by atoms with Gasteiger partial charge < -0.3 is 5.11 Å². The molecule has 1 aliphatic heterocycles. The molecule has 7 heteroatoms. The van der Waals surface area contributed by atoms with E-state index < -0.39 is 10.0 Å². The van der Waals surface area contributed by atoms with Crippen LogP contribution in [0.5, 0.6) is 0 Å². The van der Waals surface area contributed by atoms with Gasteiger partial charge in [0.1, 0.15) is 5.78 Å². The van der Waals surface area contributed by atoms with Crippen molar-refractivity contribution in [2.24, 2.45) is 0 Å². The Hall–Kier alpha value is -2.48. The van der Waals surface area contributed by atoms with Crippen molar-refractivity contribution in [1.82, 2.24) is 8.87 Å². The standard InChI is InChI=1S/C21H22N2O4S/c24-13-12-22-11-10-17(25)15-20(22)21-14-16-6-4-5-9-19(16)23(21)28(26,27)18-7-2-1-3-8-18/h1-9,14,20,24H,10-13,15H2. The van der Waals surface area contributed by atoms with Crippen molar-refractivity contribution in [3.63, 3.8) is 0 Å². The predicted octanol–water partition coefficient (Wildman–Crippen LogP) is 2.58. The molecule has 3 aromatic rings. The normalized spacial score (nSPS) is 18.6. The maximum absolute atomic E-state index is 13.5. The second kappa shape index (κ2) is 7.50. The van der Waals surface area contributed by atoms with Gasteiger partial charge in [0.25, 0.3) is 10.0 Å². The highest BCUT2D eigenvalue weighted by atomic mass is 32.2. The number of hydrogen-bond acceptors (Lipinski definition) is 5. The van der Waals surface area contributed by atoms with Gasteiger partial charge in [0, 0.05) is 31.3 Å². The molecule has 4 rings (SSSR count). The van der Waals surface area contributed by atoms with E-state index >= 15 is 0 Å². The van der Waals surface area contributed by atoms with Crippen molar-refractivity contribution in [2.45, 2.75) is 23.8 Å². The minimum Gasteiger partial charge on any atom is -0.395 e. The lowest BCUT2D eigenvalue weighted by molar-refractivity contribution is -0.123. The predicted molar refractivity (Wildman–Crippen MR) is 107 cm³/mol. The van der Waals surface area contributed by atoms with Crippen LogP contribution >= 0.6 is 0 Å². The molecule has 2 heterocycles. The van der Waals surface area contributed by atoms with Crippen molar-refractivity contribution in [3.05, 3.63) is 66.4 Å². The summed E-state index contributed by atoms with van der Waals surface area (Å²) in [6, 6.07) is 17.1. The molecule has 1 aromatic heterocycles. The van der Waals surface area contributed by atoms with Crippen LogP contribution in [0.2, 0.25) is 0 Å². The van der Waals surface area contributed by atoms with Crippen LogP contribution in [0.1, 0.15) is 24.6 Å². The van der Waals surface area contributed by atoms with Gasteiger partial charge in [-0.25, -0.2) is 12.4 Å². The number of likely N-dealkylation sites (tertiary alicyclic amines) is 1. The Morgan fingerprint density at radius 2 is 1.75 bits per heavy atom. The summed E-state index contributed by atoms with van der Waals surface area (Å²) in [5, 5.41) is 10.2. The van der Waals surface area contributed by atoms with E-state index in [0.717, 1.165) is 5.39 Å². The van der Waals surface area contributed by atoms with E-state index in [-0.39, 0.29) is 29.7 Å². The Morgan fingerprint density at radius 3 is 2.50 bits per heavy atom. The van der Waals surface area contributed by atoms with Crippen LogP contribution in [0.15, 0.2) is 65.6 Å². The van der Waals surface area contributed by atoms with E-state index in [0.29, 0.717) is 30.7 Å². The number of benzene rings is 2. The third kappa shape index (κ3) is 3.26. The van der Waals surface area contributed by atoms with Crippen LogP contribution in [0, 0.1) is 0 Å². The lowest BCUT2D eigenvalue weighted by Gasteiger charge is -2.35.